The van der Waals surface area contributed by atoms with E-state index in [1.807, 2.05) is 30.3 Å². The molecule has 12 nitrogen and oxygen atoms in total. The Balaban J connectivity index is 1.48. The molecule has 1 unspecified atom stereocenters. The van der Waals surface area contributed by atoms with Crippen LogP contribution in [0.5, 0.6) is 0 Å². The summed E-state index contributed by atoms with van der Waals surface area (Å²) in [7, 11) is -2.69. The molecule has 2 fully saturated rings. The Morgan fingerprint density at radius 2 is 2.16 bits per heavy atom. The van der Waals surface area contributed by atoms with Gasteiger partial charge in [-0.05, 0) is 12.0 Å². The van der Waals surface area contributed by atoms with Crippen molar-refractivity contribution in [3.63, 3.8) is 0 Å². The molecule has 2 aromatic heterocycles. The molecule has 0 bridgehead atoms. The maximum absolute atomic E-state index is 12.0. The predicted molar refractivity (Wildman–Crippen MR) is 114 cm³/mol. The molecule has 13 heteroatoms. The number of benzene rings is 1. The van der Waals surface area contributed by atoms with Crippen molar-refractivity contribution in [1.82, 2.24) is 19.5 Å². The summed E-state index contributed by atoms with van der Waals surface area (Å²) in [5, 5.41) is 3.31. The highest BCUT2D eigenvalue weighted by molar-refractivity contribution is 7.47. The van der Waals surface area contributed by atoms with Crippen LogP contribution in [0.15, 0.2) is 36.7 Å². The van der Waals surface area contributed by atoms with Crippen molar-refractivity contribution in [3.05, 3.63) is 42.2 Å². The number of rotatable bonds is 6. The number of anilines is 2. The minimum absolute atomic E-state index is 0.102. The molecule has 0 saturated carbocycles. The fourth-order valence-electron chi connectivity index (χ4n) is 4.04. The number of hydrogen-bond acceptors (Lipinski definition) is 10. The first kappa shape index (κ1) is 21.3. The van der Waals surface area contributed by atoms with Crippen LogP contribution in [0.25, 0.3) is 11.2 Å². The van der Waals surface area contributed by atoms with Crippen LogP contribution in [-0.2, 0) is 29.5 Å². The highest BCUT2D eigenvalue weighted by Gasteiger charge is 2.54. The second-order valence-corrected chi connectivity index (χ2v) is 8.90. The van der Waals surface area contributed by atoms with E-state index in [2.05, 4.69) is 20.3 Å². The minimum Gasteiger partial charge on any atom is -0.382 e. The monoisotopic (exact) mass is 462 g/mol. The van der Waals surface area contributed by atoms with Crippen LogP contribution < -0.4 is 11.1 Å². The summed E-state index contributed by atoms with van der Waals surface area (Å²) in [4.78, 5) is 22.7. The zero-order chi connectivity index (χ0) is 22.3. The van der Waals surface area contributed by atoms with E-state index >= 15 is 0 Å². The van der Waals surface area contributed by atoms with Gasteiger partial charge in [0, 0.05) is 13.7 Å². The Hall–Kier alpha value is -2.60. The third kappa shape index (κ3) is 3.85. The summed E-state index contributed by atoms with van der Waals surface area (Å²) in [5.74, 6) is 0.686. The van der Waals surface area contributed by atoms with Gasteiger partial charge in [-0.25, -0.2) is 19.5 Å². The largest absolute Gasteiger partial charge is 0.472 e. The lowest BCUT2D eigenvalue weighted by atomic mass is 10.1. The fraction of sp³-hybridized carbons (Fsp3) is 0.421. The smallest absolute Gasteiger partial charge is 0.382 e. The van der Waals surface area contributed by atoms with Crippen LogP contribution in [0.3, 0.4) is 0 Å². The molecule has 5 atom stereocenters. The Morgan fingerprint density at radius 3 is 2.94 bits per heavy atom. The zero-order valence-electron chi connectivity index (χ0n) is 17.2. The average Bonchev–Trinajstić information content (AvgIpc) is 3.31. The van der Waals surface area contributed by atoms with E-state index in [4.69, 9.17) is 24.3 Å². The van der Waals surface area contributed by atoms with Gasteiger partial charge in [0.15, 0.2) is 23.2 Å². The number of methoxy groups -OCH3 is 1. The molecule has 0 aliphatic carbocycles. The number of nitrogens with zero attached hydrogens (tertiary/aromatic N) is 4. The number of phosphoric acid groups is 1. The van der Waals surface area contributed by atoms with Crippen molar-refractivity contribution in [1.29, 1.82) is 0 Å². The number of imidazole rings is 1. The number of ether oxygens (including phenoxy) is 2. The van der Waals surface area contributed by atoms with Gasteiger partial charge in [0.25, 0.3) is 0 Å². The van der Waals surface area contributed by atoms with E-state index < -0.39 is 32.4 Å². The quantitative estimate of drug-likeness (QED) is 0.456. The zero-order valence-corrected chi connectivity index (χ0v) is 18.1. The van der Waals surface area contributed by atoms with Crippen molar-refractivity contribution in [2.75, 3.05) is 31.3 Å². The van der Waals surface area contributed by atoms with Crippen molar-refractivity contribution in [2.24, 2.45) is 0 Å². The molecule has 32 heavy (non-hydrogen) atoms. The molecule has 1 aromatic carbocycles. The summed E-state index contributed by atoms with van der Waals surface area (Å²) in [6.07, 6.45) is -0.769. The molecule has 2 aliphatic heterocycles. The summed E-state index contributed by atoms with van der Waals surface area (Å²) in [6, 6.07) is 10.0. The molecule has 3 aromatic rings. The van der Waals surface area contributed by atoms with E-state index in [0.717, 1.165) is 6.42 Å². The SMILES string of the molecule is CO[C@@H]1[C@@H]2OP(=O)(O)OC[C@H]2O[C@H]1n1c(NCCc2ccccc2)nc2c(N)ncnc21. The lowest BCUT2D eigenvalue weighted by Crippen LogP contribution is -2.40. The van der Waals surface area contributed by atoms with E-state index in [1.54, 1.807) is 4.57 Å². The maximum atomic E-state index is 12.0. The van der Waals surface area contributed by atoms with Crippen molar-refractivity contribution in [3.8, 4) is 0 Å². The van der Waals surface area contributed by atoms with Gasteiger partial charge in [0.2, 0.25) is 5.95 Å². The van der Waals surface area contributed by atoms with Gasteiger partial charge in [-0.1, -0.05) is 30.3 Å². The predicted octanol–water partition coefficient (Wildman–Crippen LogP) is 1.49. The van der Waals surface area contributed by atoms with Gasteiger partial charge in [0.1, 0.15) is 24.6 Å². The Kier molecular flexibility index (Phi) is 5.58. The Bertz CT molecular complexity index is 1160. The number of fused-ring (bicyclic) bond motifs is 2. The second-order valence-electron chi connectivity index (χ2n) is 7.50. The standard InChI is InChI=1S/C19H23N6O6P/c1-28-15-14-12(9-29-32(26,27)31-14)30-18(15)25-17-13(16(20)22-10-23-17)24-19(25)21-8-7-11-5-3-2-4-6-11/h2-6,10,12,14-15,18H,7-9H2,1H3,(H,21,24)(H,26,27)(H2,20,22,23)/t12-,14-,15-,18-/m1/s1. The van der Waals surface area contributed by atoms with E-state index in [-0.39, 0.29) is 12.4 Å². The number of hydrogen-bond donors (Lipinski definition) is 3. The third-order valence-electron chi connectivity index (χ3n) is 5.51. The summed E-state index contributed by atoms with van der Waals surface area (Å²) in [5.41, 5.74) is 8.06. The van der Waals surface area contributed by atoms with Gasteiger partial charge >= 0.3 is 7.82 Å². The first-order chi connectivity index (χ1) is 15.5. The third-order valence-corrected chi connectivity index (χ3v) is 6.50. The molecule has 0 spiro atoms. The lowest BCUT2D eigenvalue weighted by Gasteiger charge is -2.29. The highest BCUT2D eigenvalue weighted by Crippen LogP contribution is 2.53. The first-order valence-corrected chi connectivity index (χ1v) is 11.6. The lowest BCUT2D eigenvalue weighted by molar-refractivity contribution is -0.0662. The van der Waals surface area contributed by atoms with Gasteiger partial charge in [-0.2, -0.15) is 0 Å². The molecular formula is C19H23N6O6P. The van der Waals surface area contributed by atoms with Crippen LogP contribution in [0.4, 0.5) is 11.8 Å². The van der Waals surface area contributed by atoms with E-state index in [1.165, 1.54) is 19.0 Å². The normalized spacial score (nSPS) is 29.8. The van der Waals surface area contributed by atoms with Gasteiger partial charge in [-0.15, -0.1) is 0 Å². The molecule has 5 rings (SSSR count). The van der Waals surface area contributed by atoms with Crippen LogP contribution in [-0.4, -0.2) is 63.0 Å². The minimum atomic E-state index is -4.18. The highest BCUT2D eigenvalue weighted by atomic mass is 31.2. The molecule has 0 amide bonds. The molecule has 0 radical (unpaired) electrons. The van der Waals surface area contributed by atoms with Crippen LogP contribution in [0.1, 0.15) is 11.8 Å². The van der Waals surface area contributed by atoms with Crippen LogP contribution in [0, 0.1) is 0 Å². The molecule has 170 valence electrons. The van der Waals surface area contributed by atoms with E-state index in [0.29, 0.717) is 23.7 Å². The maximum Gasteiger partial charge on any atom is 0.472 e. The number of aromatic nitrogens is 4. The molecule has 2 saturated heterocycles. The van der Waals surface area contributed by atoms with Crippen molar-refractivity contribution in [2.45, 2.75) is 31.0 Å². The topological polar surface area (TPSA) is 156 Å². The molecular weight excluding hydrogens is 439 g/mol. The number of phosphoric ester groups is 1. The number of nitrogen functional groups attached to an aromatic ring is 1. The first-order valence-electron chi connectivity index (χ1n) is 10.1. The summed E-state index contributed by atoms with van der Waals surface area (Å²) >= 11 is 0. The number of nitrogens with two attached hydrogens (primary N) is 1. The Morgan fingerprint density at radius 1 is 1.34 bits per heavy atom. The molecule has 2 aliphatic rings. The fourth-order valence-corrected chi connectivity index (χ4v) is 4.99. The van der Waals surface area contributed by atoms with Crippen molar-refractivity contribution >= 4 is 30.8 Å². The number of nitrogens with one attached hydrogen (secondary N) is 1. The Labute approximate surface area is 183 Å². The van der Waals surface area contributed by atoms with Crippen LogP contribution in [0.2, 0.25) is 0 Å². The summed E-state index contributed by atoms with van der Waals surface area (Å²) < 4.78 is 35.6. The van der Waals surface area contributed by atoms with Gasteiger partial charge < -0.3 is 25.4 Å². The second kappa shape index (κ2) is 8.39. The van der Waals surface area contributed by atoms with E-state index in [9.17, 15) is 9.46 Å². The van der Waals surface area contributed by atoms with Crippen LogP contribution >= 0.6 is 7.82 Å². The average molecular weight is 462 g/mol. The van der Waals surface area contributed by atoms with Crippen molar-refractivity contribution < 1.29 is 28.0 Å². The van der Waals surface area contributed by atoms with Gasteiger partial charge in [-0.3, -0.25) is 13.6 Å². The molecule has 4 N–H and O–H groups in total. The van der Waals surface area contributed by atoms with Gasteiger partial charge in [0.05, 0.1) is 6.61 Å². The molecule has 4 heterocycles. The summed E-state index contributed by atoms with van der Waals surface area (Å²) in [6.45, 7) is 0.485.